The molecule has 1 aromatic heterocycles. The maximum atomic E-state index is 12.1. The molecule has 5 heteroatoms. The fourth-order valence-electron chi connectivity index (χ4n) is 2.64. The lowest BCUT2D eigenvalue weighted by molar-refractivity contribution is -0.133. The van der Waals surface area contributed by atoms with E-state index in [2.05, 4.69) is 16.4 Å². The molecule has 1 aromatic rings. The fourth-order valence-corrected chi connectivity index (χ4v) is 2.64. The van der Waals surface area contributed by atoms with Gasteiger partial charge in [-0.1, -0.05) is 0 Å². The zero-order valence-corrected chi connectivity index (χ0v) is 11.4. The molecule has 1 amide bonds. The monoisotopic (exact) mass is 270 g/mol. The van der Waals surface area contributed by atoms with E-state index < -0.39 is 0 Å². The van der Waals surface area contributed by atoms with Crippen molar-refractivity contribution in [2.45, 2.75) is 31.7 Å². The van der Waals surface area contributed by atoms with Gasteiger partial charge >= 0.3 is 0 Å². The molecule has 0 radical (unpaired) electrons. The minimum atomic E-state index is 0.256. The number of nitriles is 1. The maximum Gasteiger partial charge on any atom is 0.225 e. The Bertz CT molecular complexity index is 530. The first-order chi connectivity index (χ1) is 9.76. The highest BCUT2D eigenvalue weighted by Gasteiger charge is 2.35. The van der Waals surface area contributed by atoms with E-state index in [4.69, 9.17) is 5.26 Å². The van der Waals surface area contributed by atoms with Crippen LogP contribution in [-0.4, -0.2) is 34.9 Å². The molecule has 0 aromatic carbocycles. The Morgan fingerprint density at radius 2 is 2.25 bits per heavy atom. The number of anilines is 1. The van der Waals surface area contributed by atoms with Gasteiger partial charge in [-0.05, 0) is 37.8 Å². The van der Waals surface area contributed by atoms with Crippen molar-refractivity contribution in [1.82, 2.24) is 9.88 Å². The lowest BCUT2D eigenvalue weighted by atomic mass is 10.1. The molecule has 1 unspecified atom stereocenters. The molecule has 1 atom stereocenters. The van der Waals surface area contributed by atoms with Crippen molar-refractivity contribution in [3.8, 4) is 6.07 Å². The van der Waals surface area contributed by atoms with Crippen LogP contribution in [0.1, 0.15) is 31.2 Å². The average Bonchev–Trinajstić information content (AvgIpc) is 3.32. The smallest absolute Gasteiger partial charge is 0.225 e. The van der Waals surface area contributed by atoms with E-state index in [9.17, 15) is 4.79 Å². The summed E-state index contributed by atoms with van der Waals surface area (Å²) >= 11 is 0. The van der Waals surface area contributed by atoms with Gasteiger partial charge in [0.2, 0.25) is 5.91 Å². The molecule has 0 bridgehead atoms. The second-order valence-corrected chi connectivity index (χ2v) is 5.59. The van der Waals surface area contributed by atoms with Crippen LogP contribution in [0.4, 0.5) is 5.82 Å². The Balaban J connectivity index is 1.59. The number of pyridine rings is 1. The predicted molar refractivity (Wildman–Crippen MR) is 74.9 cm³/mol. The van der Waals surface area contributed by atoms with Crippen molar-refractivity contribution < 1.29 is 4.79 Å². The first-order valence-corrected chi connectivity index (χ1v) is 7.18. The highest BCUT2D eigenvalue weighted by Crippen LogP contribution is 2.32. The Hall–Kier alpha value is -2.09. The second kappa shape index (κ2) is 5.49. The third-order valence-electron chi connectivity index (χ3n) is 3.90. The number of carbonyl (C=O) groups excluding carboxylic acids is 1. The zero-order chi connectivity index (χ0) is 13.9. The van der Waals surface area contributed by atoms with Gasteiger partial charge in [-0.3, -0.25) is 4.79 Å². The molecule has 1 N–H and O–H groups in total. The van der Waals surface area contributed by atoms with Gasteiger partial charge < -0.3 is 10.2 Å². The molecule has 2 fully saturated rings. The van der Waals surface area contributed by atoms with Crippen molar-refractivity contribution in [2.75, 3.05) is 18.4 Å². The van der Waals surface area contributed by atoms with E-state index in [1.54, 1.807) is 12.3 Å². The normalized spacial score (nSPS) is 22.1. The van der Waals surface area contributed by atoms with Crippen molar-refractivity contribution >= 4 is 11.7 Å². The minimum Gasteiger partial charge on any atom is -0.366 e. The Morgan fingerprint density at radius 1 is 1.40 bits per heavy atom. The third kappa shape index (κ3) is 2.90. The van der Waals surface area contributed by atoms with Crippen LogP contribution in [0.3, 0.4) is 0 Å². The summed E-state index contributed by atoms with van der Waals surface area (Å²) in [7, 11) is 0. The van der Waals surface area contributed by atoms with Crippen LogP contribution in [-0.2, 0) is 4.79 Å². The van der Waals surface area contributed by atoms with E-state index in [1.807, 2.05) is 11.0 Å². The van der Waals surface area contributed by atoms with Crippen LogP contribution >= 0.6 is 0 Å². The lowest BCUT2D eigenvalue weighted by Crippen LogP contribution is -2.45. The molecule has 2 heterocycles. The van der Waals surface area contributed by atoms with Gasteiger partial charge in [-0.15, -0.1) is 0 Å². The summed E-state index contributed by atoms with van der Waals surface area (Å²) in [5.74, 6) is 1.39. The minimum absolute atomic E-state index is 0.256. The summed E-state index contributed by atoms with van der Waals surface area (Å²) in [6.45, 7) is 1.64. The van der Waals surface area contributed by atoms with Crippen molar-refractivity contribution in [3.63, 3.8) is 0 Å². The third-order valence-corrected chi connectivity index (χ3v) is 3.90. The van der Waals surface area contributed by atoms with Gasteiger partial charge in [0.15, 0.2) is 0 Å². The number of likely N-dealkylation sites (tertiary alicyclic amines) is 1. The van der Waals surface area contributed by atoms with Crippen LogP contribution in [0.15, 0.2) is 18.3 Å². The van der Waals surface area contributed by atoms with E-state index in [-0.39, 0.29) is 6.04 Å². The molecular weight excluding hydrogens is 252 g/mol. The van der Waals surface area contributed by atoms with Crippen LogP contribution in [0, 0.1) is 17.2 Å². The van der Waals surface area contributed by atoms with E-state index in [0.29, 0.717) is 17.4 Å². The number of nitrogens with zero attached hydrogens (tertiary/aromatic N) is 3. The molecule has 1 saturated heterocycles. The first kappa shape index (κ1) is 12.9. The number of nitrogens with one attached hydrogen (secondary N) is 1. The van der Waals surface area contributed by atoms with Gasteiger partial charge in [-0.2, -0.15) is 5.26 Å². The summed E-state index contributed by atoms with van der Waals surface area (Å²) in [6, 6.07) is 5.89. The number of amides is 1. The Labute approximate surface area is 118 Å². The molecule has 5 nitrogen and oxygen atoms in total. The lowest BCUT2D eigenvalue weighted by Gasteiger charge is -2.33. The molecule has 1 saturated carbocycles. The molecule has 1 aliphatic heterocycles. The number of rotatable bonds is 3. The topological polar surface area (TPSA) is 69.0 Å². The molecular formula is C15H18N4O. The van der Waals surface area contributed by atoms with Crippen LogP contribution in [0.5, 0.6) is 0 Å². The van der Waals surface area contributed by atoms with E-state index >= 15 is 0 Å². The number of carbonyl (C=O) groups is 1. The van der Waals surface area contributed by atoms with E-state index in [0.717, 1.165) is 44.6 Å². The van der Waals surface area contributed by atoms with Crippen molar-refractivity contribution in [2.24, 2.45) is 5.92 Å². The highest BCUT2D eigenvalue weighted by molar-refractivity contribution is 5.81. The number of hydrogen-bond acceptors (Lipinski definition) is 4. The number of aromatic nitrogens is 1. The summed E-state index contributed by atoms with van der Waals surface area (Å²) in [6.07, 6.45) is 5.77. The molecule has 2 aliphatic rings. The molecule has 20 heavy (non-hydrogen) atoms. The average molecular weight is 270 g/mol. The van der Waals surface area contributed by atoms with Gasteiger partial charge in [0.1, 0.15) is 11.9 Å². The van der Waals surface area contributed by atoms with Crippen LogP contribution in [0.2, 0.25) is 0 Å². The predicted octanol–water partition coefficient (Wildman–Crippen LogP) is 1.77. The van der Waals surface area contributed by atoms with Crippen molar-refractivity contribution in [3.05, 3.63) is 23.9 Å². The van der Waals surface area contributed by atoms with E-state index in [1.165, 1.54) is 0 Å². The van der Waals surface area contributed by atoms with Gasteiger partial charge in [0.05, 0.1) is 5.56 Å². The van der Waals surface area contributed by atoms with Crippen LogP contribution < -0.4 is 5.32 Å². The standard InChI is InChI=1S/C15H18N4O/c16-8-11-3-6-14(17-9-11)18-13-2-1-7-19(10-13)15(20)12-4-5-12/h3,6,9,12-13H,1-2,4-5,7,10H2,(H,17,18). The summed E-state index contributed by atoms with van der Waals surface area (Å²) in [4.78, 5) is 18.3. The number of piperidine rings is 1. The SMILES string of the molecule is N#Cc1ccc(NC2CCCN(C(=O)C3CC3)C2)nc1. The Morgan fingerprint density at radius 3 is 2.90 bits per heavy atom. The fraction of sp³-hybridized carbons (Fsp3) is 0.533. The quantitative estimate of drug-likeness (QED) is 0.908. The summed E-state index contributed by atoms with van der Waals surface area (Å²) in [5.41, 5.74) is 0.560. The number of hydrogen-bond donors (Lipinski definition) is 1. The van der Waals surface area contributed by atoms with Crippen molar-refractivity contribution in [1.29, 1.82) is 5.26 Å². The van der Waals surface area contributed by atoms with Gasteiger partial charge in [0.25, 0.3) is 0 Å². The molecule has 3 rings (SSSR count). The Kier molecular flexibility index (Phi) is 3.55. The molecule has 1 aliphatic carbocycles. The van der Waals surface area contributed by atoms with Crippen LogP contribution in [0.25, 0.3) is 0 Å². The van der Waals surface area contributed by atoms with Gasteiger partial charge in [-0.25, -0.2) is 4.98 Å². The zero-order valence-electron chi connectivity index (χ0n) is 11.4. The first-order valence-electron chi connectivity index (χ1n) is 7.18. The van der Waals surface area contributed by atoms with Gasteiger partial charge in [0, 0.05) is 31.2 Å². The largest absolute Gasteiger partial charge is 0.366 e. The summed E-state index contributed by atoms with van der Waals surface area (Å²) < 4.78 is 0. The maximum absolute atomic E-state index is 12.1. The summed E-state index contributed by atoms with van der Waals surface area (Å²) in [5, 5.41) is 12.1. The highest BCUT2D eigenvalue weighted by atomic mass is 16.2. The second-order valence-electron chi connectivity index (χ2n) is 5.59. The molecule has 104 valence electrons. The molecule has 0 spiro atoms.